The monoisotopic (exact) mass is 262 g/mol. The van der Waals surface area contributed by atoms with Crippen molar-refractivity contribution in [2.24, 2.45) is 0 Å². The Morgan fingerprint density at radius 3 is 2.53 bits per heavy atom. The molecule has 1 aromatic rings. The van der Waals surface area contributed by atoms with Gasteiger partial charge in [0.25, 0.3) is 0 Å². The molecule has 0 fully saturated rings. The van der Waals surface area contributed by atoms with Crippen LogP contribution >= 0.6 is 0 Å². The van der Waals surface area contributed by atoms with E-state index >= 15 is 0 Å². The molecule has 0 atom stereocenters. The van der Waals surface area contributed by atoms with Crippen LogP contribution in [0.25, 0.3) is 0 Å². The predicted molar refractivity (Wildman–Crippen MR) is 75.6 cm³/mol. The van der Waals surface area contributed by atoms with E-state index in [9.17, 15) is 0 Å². The van der Waals surface area contributed by atoms with Crippen molar-refractivity contribution < 1.29 is 9.47 Å². The minimum Gasteiger partial charge on any atom is -0.496 e. The largest absolute Gasteiger partial charge is 0.496 e. The highest BCUT2D eigenvalue weighted by Crippen LogP contribution is 2.33. The van der Waals surface area contributed by atoms with Gasteiger partial charge in [-0.3, -0.25) is 0 Å². The summed E-state index contributed by atoms with van der Waals surface area (Å²) in [6.07, 6.45) is 1.45. The maximum absolute atomic E-state index is 8.49. The molecule has 104 valence electrons. The van der Waals surface area contributed by atoms with Gasteiger partial charge in [-0.05, 0) is 44.0 Å². The van der Waals surface area contributed by atoms with Gasteiger partial charge in [0, 0.05) is 18.5 Å². The fraction of sp³-hybridized carbons (Fsp3) is 0.533. The molecular weight excluding hydrogens is 240 g/mol. The van der Waals surface area contributed by atoms with E-state index in [0.717, 1.165) is 41.2 Å². The van der Waals surface area contributed by atoms with E-state index in [4.69, 9.17) is 14.7 Å². The molecule has 1 rings (SSSR count). The summed E-state index contributed by atoms with van der Waals surface area (Å²) in [7, 11) is 3.37. The Morgan fingerprint density at radius 2 is 1.95 bits per heavy atom. The highest BCUT2D eigenvalue weighted by molar-refractivity contribution is 5.52. The normalized spacial score (nSPS) is 10.1. The number of hydrogen-bond donors (Lipinski definition) is 1. The molecule has 0 aliphatic heterocycles. The number of nitrogens with zero attached hydrogens (tertiary/aromatic N) is 1. The molecule has 0 aliphatic rings. The third-order valence-electron chi connectivity index (χ3n) is 3.25. The van der Waals surface area contributed by atoms with Gasteiger partial charge in [0.15, 0.2) is 0 Å². The van der Waals surface area contributed by atoms with E-state index in [1.165, 1.54) is 0 Å². The molecule has 0 aromatic heterocycles. The van der Waals surface area contributed by atoms with Crippen LogP contribution in [0.3, 0.4) is 0 Å². The van der Waals surface area contributed by atoms with Crippen LogP contribution < -0.4 is 14.8 Å². The molecule has 19 heavy (non-hydrogen) atoms. The summed E-state index contributed by atoms with van der Waals surface area (Å²) in [5.41, 5.74) is 3.29. The first-order valence-corrected chi connectivity index (χ1v) is 6.44. The Bertz CT molecular complexity index is 464. The molecule has 0 saturated heterocycles. The van der Waals surface area contributed by atoms with Gasteiger partial charge >= 0.3 is 0 Å². The van der Waals surface area contributed by atoms with Gasteiger partial charge < -0.3 is 14.8 Å². The highest BCUT2D eigenvalue weighted by atomic mass is 16.5. The number of ether oxygens (including phenoxy) is 2. The zero-order chi connectivity index (χ0) is 14.3. The number of unbranched alkanes of at least 4 members (excludes halogenated alkanes) is 1. The average Bonchev–Trinajstić information content (AvgIpc) is 2.42. The molecule has 0 aliphatic carbocycles. The number of hydrogen-bond acceptors (Lipinski definition) is 4. The molecule has 0 amide bonds. The molecule has 4 nitrogen and oxygen atoms in total. The second-order valence-electron chi connectivity index (χ2n) is 4.46. The zero-order valence-electron chi connectivity index (χ0n) is 12.2. The maximum Gasteiger partial charge on any atom is 0.126 e. The maximum atomic E-state index is 8.49. The van der Waals surface area contributed by atoms with Crippen LogP contribution in [-0.2, 0) is 6.54 Å². The summed E-state index contributed by atoms with van der Waals surface area (Å²) < 4.78 is 10.9. The number of benzene rings is 1. The van der Waals surface area contributed by atoms with Crippen molar-refractivity contribution in [3.05, 3.63) is 22.8 Å². The van der Waals surface area contributed by atoms with Crippen molar-refractivity contribution in [1.29, 1.82) is 5.26 Å². The van der Waals surface area contributed by atoms with Crippen molar-refractivity contribution >= 4 is 0 Å². The third-order valence-corrected chi connectivity index (χ3v) is 3.25. The Balaban J connectivity index is 2.81. The van der Waals surface area contributed by atoms with Gasteiger partial charge in [0.2, 0.25) is 0 Å². The smallest absolute Gasteiger partial charge is 0.126 e. The topological polar surface area (TPSA) is 54.3 Å². The quantitative estimate of drug-likeness (QED) is 0.768. The lowest BCUT2D eigenvalue weighted by Crippen LogP contribution is -2.15. The SMILES string of the molecule is COc1cc(CNCCCC#N)c(OC)c(C)c1C. The number of nitrogens with one attached hydrogen (secondary N) is 1. The second-order valence-corrected chi connectivity index (χ2v) is 4.46. The molecule has 0 saturated carbocycles. The summed E-state index contributed by atoms with van der Waals surface area (Å²) in [6, 6.07) is 4.15. The molecule has 0 heterocycles. The van der Waals surface area contributed by atoms with E-state index in [2.05, 4.69) is 11.4 Å². The molecule has 1 aromatic carbocycles. The Morgan fingerprint density at radius 1 is 1.21 bits per heavy atom. The van der Waals surface area contributed by atoms with Crippen LogP contribution in [0.4, 0.5) is 0 Å². The van der Waals surface area contributed by atoms with Gasteiger partial charge in [-0.25, -0.2) is 0 Å². The van der Waals surface area contributed by atoms with Crippen LogP contribution in [0.1, 0.15) is 29.5 Å². The first kappa shape index (κ1) is 15.3. The van der Waals surface area contributed by atoms with Crippen molar-refractivity contribution in [3.63, 3.8) is 0 Å². The van der Waals surface area contributed by atoms with Crippen LogP contribution in [0.2, 0.25) is 0 Å². The third kappa shape index (κ3) is 3.87. The van der Waals surface area contributed by atoms with Gasteiger partial charge in [-0.2, -0.15) is 5.26 Å². The Kier molecular flexibility index (Phi) is 6.17. The second kappa shape index (κ2) is 7.65. The molecule has 0 bridgehead atoms. The first-order valence-electron chi connectivity index (χ1n) is 6.44. The van der Waals surface area contributed by atoms with E-state index in [-0.39, 0.29) is 0 Å². The standard InChI is InChI=1S/C15H22N2O2/c1-11-12(2)15(19-4)13(9-14(11)18-3)10-17-8-6-5-7-16/h9,17H,5-6,8,10H2,1-4H3. The van der Waals surface area contributed by atoms with Crippen molar-refractivity contribution in [2.75, 3.05) is 20.8 Å². The fourth-order valence-corrected chi connectivity index (χ4v) is 2.07. The van der Waals surface area contributed by atoms with Gasteiger partial charge in [0.1, 0.15) is 11.5 Å². The summed E-state index contributed by atoms with van der Waals surface area (Å²) >= 11 is 0. The van der Waals surface area contributed by atoms with Crippen LogP contribution in [-0.4, -0.2) is 20.8 Å². The Hall–Kier alpha value is -1.73. The van der Waals surface area contributed by atoms with E-state index in [1.54, 1.807) is 14.2 Å². The Labute approximate surface area is 115 Å². The summed E-state index contributed by atoms with van der Waals surface area (Å²) in [6.45, 7) is 5.61. The van der Waals surface area contributed by atoms with E-state index in [0.29, 0.717) is 13.0 Å². The molecule has 0 radical (unpaired) electrons. The van der Waals surface area contributed by atoms with Crippen LogP contribution in [0, 0.1) is 25.2 Å². The van der Waals surface area contributed by atoms with Crippen molar-refractivity contribution in [1.82, 2.24) is 5.32 Å². The molecule has 4 heteroatoms. The average molecular weight is 262 g/mol. The van der Waals surface area contributed by atoms with Crippen LogP contribution in [0.5, 0.6) is 11.5 Å². The lowest BCUT2D eigenvalue weighted by Gasteiger charge is -2.17. The first-order chi connectivity index (χ1) is 9.15. The summed E-state index contributed by atoms with van der Waals surface area (Å²) in [4.78, 5) is 0. The minimum absolute atomic E-state index is 0.584. The number of nitriles is 1. The number of methoxy groups -OCH3 is 2. The van der Waals surface area contributed by atoms with Gasteiger partial charge in [0.05, 0.1) is 20.3 Å². The van der Waals surface area contributed by atoms with E-state index in [1.807, 2.05) is 19.9 Å². The summed E-state index contributed by atoms with van der Waals surface area (Å²) in [5, 5.41) is 11.8. The lowest BCUT2D eigenvalue weighted by molar-refractivity contribution is 0.392. The number of rotatable bonds is 7. The van der Waals surface area contributed by atoms with E-state index < -0.39 is 0 Å². The van der Waals surface area contributed by atoms with Crippen LogP contribution in [0.15, 0.2) is 6.07 Å². The zero-order valence-corrected chi connectivity index (χ0v) is 12.2. The van der Waals surface area contributed by atoms with Gasteiger partial charge in [-0.15, -0.1) is 0 Å². The molecular formula is C15H22N2O2. The summed E-state index contributed by atoms with van der Waals surface area (Å²) in [5.74, 6) is 1.79. The predicted octanol–water partition coefficient (Wildman–Crippen LogP) is 2.71. The highest BCUT2D eigenvalue weighted by Gasteiger charge is 2.13. The van der Waals surface area contributed by atoms with Gasteiger partial charge in [-0.1, -0.05) is 0 Å². The van der Waals surface area contributed by atoms with Crippen molar-refractivity contribution in [3.8, 4) is 17.6 Å². The molecule has 0 spiro atoms. The molecule has 1 N–H and O–H groups in total. The molecule has 0 unspecified atom stereocenters. The minimum atomic E-state index is 0.584. The lowest BCUT2D eigenvalue weighted by atomic mass is 10.0. The fourth-order valence-electron chi connectivity index (χ4n) is 2.07. The van der Waals surface area contributed by atoms with Crippen molar-refractivity contribution in [2.45, 2.75) is 33.2 Å².